The molecule has 0 bridgehead atoms. The summed E-state index contributed by atoms with van der Waals surface area (Å²) in [6, 6.07) is 9.50. The number of carbonyl (C=O) groups excluding carboxylic acids is 1. The van der Waals surface area contributed by atoms with Crippen LogP contribution in [0, 0.1) is 0 Å². The van der Waals surface area contributed by atoms with E-state index in [1.165, 1.54) is 0 Å². The second-order valence-electron chi connectivity index (χ2n) is 5.31. The molecule has 0 aliphatic carbocycles. The molecule has 1 aliphatic heterocycles. The molecule has 0 aromatic heterocycles. The highest BCUT2D eigenvalue weighted by Gasteiger charge is 2.21. The lowest BCUT2D eigenvalue weighted by atomic mass is 10.2. The van der Waals surface area contributed by atoms with Crippen molar-refractivity contribution in [3.63, 3.8) is 0 Å². The van der Waals surface area contributed by atoms with E-state index in [0.717, 1.165) is 31.9 Å². The van der Waals surface area contributed by atoms with Crippen LogP contribution in [0.5, 0.6) is 5.75 Å². The number of aliphatic hydroxyl groups is 1. The van der Waals surface area contributed by atoms with Crippen molar-refractivity contribution in [2.24, 2.45) is 0 Å². The predicted octanol–water partition coefficient (Wildman–Crippen LogP) is 0.980. The van der Waals surface area contributed by atoms with Gasteiger partial charge in [0.05, 0.1) is 0 Å². The Bertz CT molecular complexity index is 430. The minimum absolute atomic E-state index is 0.211. The Kier molecular flexibility index (Phi) is 6.02. The third-order valence-electron chi connectivity index (χ3n) is 3.68. The largest absolute Gasteiger partial charge is 0.491 e. The average molecular weight is 292 g/mol. The van der Waals surface area contributed by atoms with Gasteiger partial charge in [-0.15, -0.1) is 0 Å². The van der Waals surface area contributed by atoms with Gasteiger partial charge in [0.15, 0.2) is 0 Å². The third-order valence-corrected chi connectivity index (χ3v) is 3.68. The molecule has 1 heterocycles. The Morgan fingerprint density at radius 3 is 2.52 bits per heavy atom. The van der Waals surface area contributed by atoms with Gasteiger partial charge in [0.25, 0.3) is 0 Å². The zero-order valence-electron chi connectivity index (χ0n) is 12.6. The summed E-state index contributed by atoms with van der Waals surface area (Å²) >= 11 is 0. The molecule has 1 saturated heterocycles. The first-order valence-electron chi connectivity index (χ1n) is 7.55. The second kappa shape index (κ2) is 8.00. The van der Waals surface area contributed by atoms with Gasteiger partial charge in [-0.3, -0.25) is 9.69 Å². The lowest BCUT2D eigenvalue weighted by Gasteiger charge is -2.35. The van der Waals surface area contributed by atoms with Crippen LogP contribution in [-0.4, -0.2) is 66.2 Å². The van der Waals surface area contributed by atoms with Crippen molar-refractivity contribution < 1.29 is 14.6 Å². The van der Waals surface area contributed by atoms with Crippen LogP contribution in [0.15, 0.2) is 30.3 Å². The predicted molar refractivity (Wildman–Crippen MR) is 81.3 cm³/mol. The van der Waals surface area contributed by atoms with Crippen LogP contribution in [0.1, 0.15) is 13.3 Å². The van der Waals surface area contributed by atoms with Gasteiger partial charge in [0.1, 0.15) is 18.5 Å². The van der Waals surface area contributed by atoms with Crippen LogP contribution in [0.2, 0.25) is 0 Å². The van der Waals surface area contributed by atoms with Gasteiger partial charge in [-0.05, 0) is 12.1 Å². The topological polar surface area (TPSA) is 53.0 Å². The van der Waals surface area contributed by atoms with E-state index in [0.29, 0.717) is 13.0 Å². The Morgan fingerprint density at radius 2 is 1.90 bits per heavy atom. The zero-order chi connectivity index (χ0) is 15.1. The molecule has 2 rings (SSSR count). The Morgan fingerprint density at radius 1 is 1.24 bits per heavy atom. The van der Waals surface area contributed by atoms with Crippen LogP contribution in [0.25, 0.3) is 0 Å². The molecule has 116 valence electrons. The highest BCUT2D eigenvalue weighted by atomic mass is 16.5. The molecule has 1 aromatic rings. The van der Waals surface area contributed by atoms with Gasteiger partial charge in [-0.25, -0.2) is 0 Å². The van der Waals surface area contributed by atoms with E-state index in [2.05, 4.69) is 4.90 Å². The number of amides is 1. The van der Waals surface area contributed by atoms with Crippen LogP contribution in [0.4, 0.5) is 0 Å². The second-order valence-corrected chi connectivity index (χ2v) is 5.31. The van der Waals surface area contributed by atoms with Gasteiger partial charge >= 0.3 is 0 Å². The number of aliphatic hydroxyl groups excluding tert-OH is 1. The molecule has 5 heteroatoms. The molecule has 1 aliphatic rings. The molecule has 21 heavy (non-hydrogen) atoms. The normalized spacial score (nSPS) is 17.5. The van der Waals surface area contributed by atoms with Crippen molar-refractivity contribution >= 4 is 5.91 Å². The van der Waals surface area contributed by atoms with Gasteiger partial charge < -0.3 is 14.7 Å². The van der Waals surface area contributed by atoms with E-state index in [1.807, 2.05) is 42.2 Å². The summed E-state index contributed by atoms with van der Waals surface area (Å²) in [6.45, 7) is 5.89. The molecule has 0 radical (unpaired) electrons. The quantitative estimate of drug-likeness (QED) is 0.849. The number of hydrogen-bond donors (Lipinski definition) is 1. The van der Waals surface area contributed by atoms with Gasteiger partial charge in [-0.2, -0.15) is 0 Å². The molecule has 0 saturated carbocycles. The summed E-state index contributed by atoms with van der Waals surface area (Å²) in [7, 11) is 0. The lowest BCUT2D eigenvalue weighted by molar-refractivity contribution is -0.132. The summed E-state index contributed by atoms with van der Waals surface area (Å²) in [4.78, 5) is 15.7. The van der Waals surface area contributed by atoms with E-state index in [1.54, 1.807) is 0 Å². The number of nitrogens with zero attached hydrogens (tertiary/aromatic N) is 2. The fourth-order valence-corrected chi connectivity index (χ4v) is 2.46. The molecule has 1 fully saturated rings. The standard InChI is InChI=1S/C16H24N2O3/c1-2-16(20)18-10-8-17(9-11-18)12-14(19)13-21-15-6-4-3-5-7-15/h3-7,14,19H,2,8-13H2,1H3. The summed E-state index contributed by atoms with van der Waals surface area (Å²) < 4.78 is 5.54. The minimum Gasteiger partial charge on any atom is -0.491 e. The van der Waals surface area contributed by atoms with E-state index >= 15 is 0 Å². The highest BCUT2D eigenvalue weighted by Crippen LogP contribution is 2.09. The maximum Gasteiger partial charge on any atom is 0.222 e. The minimum atomic E-state index is -0.515. The number of carbonyl (C=O) groups is 1. The smallest absolute Gasteiger partial charge is 0.222 e. The van der Waals surface area contributed by atoms with Gasteiger partial charge in [-0.1, -0.05) is 25.1 Å². The summed E-state index contributed by atoms with van der Waals surface area (Å²) in [6.07, 6.45) is 0.0479. The first-order valence-corrected chi connectivity index (χ1v) is 7.55. The van der Waals surface area contributed by atoms with Crippen molar-refractivity contribution in [3.05, 3.63) is 30.3 Å². The third kappa shape index (κ3) is 5.02. The maximum absolute atomic E-state index is 11.6. The first-order chi connectivity index (χ1) is 10.2. The first kappa shape index (κ1) is 15.8. The van der Waals surface area contributed by atoms with Crippen LogP contribution in [0.3, 0.4) is 0 Å². The number of hydrogen-bond acceptors (Lipinski definition) is 4. The number of ether oxygens (including phenoxy) is 1. The molecule has 1 atom stereocenters. The number of piperazine rings is 1. The number of β-amino-alcohol motifs (C(OH)–C–C–N with tert-alkyl or cyclic N) is 1. The Labute approximate surface area is 126 Å². The number of rotatable bonds is 6. The SMILES string of the molecule is CCC(=O)N1CCN(CC(O)COc2ccccc2)CC1. The van der Waals surface area contributed by atoms with Crippen LogP contribution in [-0.2, 0) is 4.79 Å². The van der Waals surface area contributed by atoms with Crippen molar-refractivity contribution in [1.29, 1.82) is 0 Å². The summed E-state index contributed by atoms with van der Waals surface area (Å²) in [5.74, 6) is 0.984. The average Bonchev–Trinajstić information content (AvgIpc) is 2.54. The van der Waals surface area contributed by atoms with Crippen LogP contribution >= 0.6 is 0 Å². The Balaban J connectivity index is 1.67. The summed E-state index contributed by atoms with van der Waals surface area (Å²) in [5, 5.41) is 10.0. The van der Waals surface area contributed by atoms with Gasteiger partial charge in [0, 0.05) is 39.1 Å². The van der Waals surface area contributed by atoms with Gasteiger partial charge in [0.2, 0.25) is 5.91 Å². The summed E-state index contributed by atoms with van der Waals surface area (Å²) in [5.41, 5.74) is 0. The van der Waals surface area contributed by atoms with Crippen molar-refractivity contribution in [2.75, 3.05) is 39.3 Å². The number of para-hydroxylation sites is 1. The highest BCUT2D eigenvalue weighted by molar-refractivity contribution is 5.75. The lowest BCUT2D eigenvalue weighted by Crippen LogP contribution is -2.50. The van der Waals surface area contributed by atoms with Crippen molar-refractivity contribution in [1.82, 2.24) is 9.80 Å². The zero-order valence-corrected chi connectivity index (χ0v) is 12.6. The van der Waals surface area contributed by atoms with E-state index in [4.69, 9.17) is 4.74 Å². The molecular weight excluding hydrogens is 268 g/mol. The maximum atomic E-state index is 11.6. The molecule has 1 unspecified atom stereocenters. The molecule has 1 aromatic carbocycles. The molecule has 1 amide bonds. The van der Waals surface area contributed by atoms with Crippen molar-refractivity contribution in [2.45, 2.75) is 19.4 Å². The fourth-order valence-electron chi connectivity index (χ4n) is 2.46. The molecule has 5 nitrogen and oxygen atoms in total. The molecular formula is C16H24N2O3. The van der Waals surface area contributed by atoms with Crippen molar-refractivity contribution in [3.8, 4) is 5.75 Å². The number of benzene rings is 1. The fraction of sp³-hybridized carbons (Fsp3) is 0.562. The Hall–Kier alpha value is -1.59. The van der Waals surface area contributed by atoms with Crippen LogP contribution < -0.4 is 4.74 Å². The van der Waals surface area contributed by atoms with E-state index < -0.39 is 6.10 Å². The molecule has 1 N–H and O–H groups in total. The van der Waals surface area contributed by atoms with E-state index in [9.17, 15) is 9.90 Å². The molecule has 0 spiro atoms. The van der Waals surface area contributed by atoms with E-state index in [-0.39, 0.29) is 12.5 Å². The monoisotopic (exact) mass is 292 g/mol.